The average Bonchev–Trinajstić information content (AvgIpc) is 3.46. The zero-order valence-electron chi connectivity index (χ0n) is 23.7. The minimum Gasteiger partial charge on any atom is -0.313 e. The zero-order chi connectivity index (χ0) is 25.1. The summed E-state index contributed by atoms with van der Waals surface area (Å²) in [5.41, 5.74) is 6.66. The van der Waals surface area contributed by atoms with Crippen LogP contribution < -0.4 is 0 Å². The molecule has 0 saturated carbocycles. The van der Waals surface area contributed by atoms with Gasteiger partial charge in [0.15, 0.2) is 7.98 Å². The van der Waals surface area contributed by atoms with Crippen LogP contribution in [0.4, 0.5) is 0 Å². The third-order valence-corrected chi connectivity index (χ3v) is 23.6. The lowest BCUT2D eigenvalue weighted by Crippen LogP contribution is -2.35. The van der Waals surface area contributed by atoms with Crippen LogP contribution in [-0.2, 0) is 0 Å². The van der Waals surface area contributed by atoms with E-state index in [1.54, 1.807) is 0 Å². The first-order valence-electron chi connectivity index (χ1n) is 14.1. The fraction of sp³-hybridized carbons (Fsp3) is 1.00. The molecule has 4 fully saturated rings. The standard InChI is InChI=1S/C26H52BN3P4/c1-17-11-12-18(2)31(17)28(9)29(10)33-21(5)15-25(23(33)7)26-16-22(6)34(24(26)8)30(27)32-19(3)13-14-20(32)4/h17-26H,11-16H2,1-10H3/t17-,18-,19-,20-,21-,22-,23-,24-,25?,26?,33?,34?/m1/s1. The van der Waals surface area contributed by atoms with Crippen molar-refractivity contribution in [1.29, 1.82) is 0 Å². The first kappa shape index (κ1) is 28.7. The minimum absolute atomic E-state index is 0.0352. The van der Waals surface area contributed by atoms with Crippen molar-refractivity contribution >= 4 is 40.3 Å². The molecular weight excluding hydrogens is 489 g/mol. The molecule has 0 aromatic carbocycles. The Labute approximate surface area is 218 Å². The lowest BCUT2D eigenvalue weighted by Gasteiger charge is -2.44. The number of rotatable bonds is 6. The Bertz CT molecular complexity index is 683. The predicted molar refractivity (Wildman–Crippen MR) is 161 cm³/mol. The van der Waals surface area contributed by atoms with E-state index in [-0.39, 0.29) is 32.3 Å². The van der Waals surface area contributed by atoms with E-state index >= 15 is 0 Å². The molecule has 0 amide bonds. The van der Waals surface area contributed by atoms with Gasteiger partial charge < -0.3 is 4.35 Å². The van der Waals surface area contributed by atoms with Gasteiger partial charge in [-0.15, -0.1) is 0 Å². The highest BCUT2D eigenvalue weighted by molar-refractivity contribution is 7.73. The molecular formula is C26H52BN3P4. The summed E-state index contributed by atoms with van der Waals surface area (Å²) in [6.45, 7) is 20.3. The number of nitrogens with zero attached hydrogens (tertiary/aromatic N) is 3. The van der Waals surface area contributed by atoms with E-state index in [1.807, 2.05) is 0 Å². The average molecular weight is 541 g/mol. The molecule has 2 radical (unpaired) electrons. The Hall–Kier alpha value is 1.66. The summed E-state index contributed by atoms with van der Waals surface area (Å²) in [6, 6.07) is 0. The van der Waals surface area contributed by atoms with E-state index < -0.39 is 0 Å². The second-order valence-corrected chi connectivity index (χ2v) is 24.6. The highest BCUT2D eigenvalue weighted by Crippen LogP contribution is 2.74. The van der Waals surface area contributed by atoms with Gasteiger partial charge >= 0.3 is 0 Å². The van der Waals surface area contributed by atoms with Crippen molar-refractivity contribution in [2.45, 2.75) is 139 Å². The number of hydrogen-bond acceptors (Lipinski definition) is 3. The Balaban J connectivity index is 1.46. The Morgan fingerprint density at radius 2 is 0.853 bits per heavy atom. The summed E-state index contributed by atoms with van der Waals surface area (Å²) in [5.74, 6) is 1.75. The summed E-state index contributed by atoms with van der Waals surface area (Å²) in [5, 5.41) is 0. The zero-order valence-corrected chi connectivity index (χ0v) is 27.3. The van der Waals surface area contributed by atoms with Crippen LogP contribution in [-0.4, -0.2) is 81.3 Å². The van der Waals surface area contributed by atoms with Gasteiger partial charge in [-0.1, -0.05) is 55.4 Å². The van der Waals surface area contributed by atoms with Crippen molar-refractivity contribution in [1.82, 2.24) is 13.9 Å². The Morgan fingerprint density at radius 1 is 0.500 bits per heavy atom. The summed E-state index contributed by atoms with van der Waals surface area (Å²) in [6.07, 6.45) is 8.47. The second kappa shape index (κ2) is 11.4. The smallest absolute Gasteiger partial charge is 0.195 e. The van der Waals surface area contributed by atoms with Crippen LogP contribution in [0.3, 0.4) is 0 Å². The van der Waals surface area contributed by atoms with Crippen molar-refractivity contribution in [3.8, 4) is 0 Å². The van der Waals surface area contributed by atoms with E-state index in [4.69, 9.17) is 7.98 Å². The fourth-order valence-corrected chi connectivity index (χ4v) is 23.7. The molecule has 0 aromatic heterocycles. The molecule has 0 aliphatic carbocycles. The van der Waals surface area contributed by atoms with E-state index in [1.165, 1.54) is 38.5 Å². The molecule has 0 spiro atoms. The summed E-state index contributed by atoms with van der Waals surface area (Å²) in [7, 11) is 11.4. The van der Waals surface area contributed by atoms with Crippen LogP contribution in [0, 0.1) is 11.8 Å². The first-order chi connectivity index (χ1) is 16.0. The Kier molecular flexibility index (Phi) is 9.62. The van der Waals surface area contributed by atoms with E-state index in [2.05, 4.69) is 83.4 Å². The van der Waals surface area contributed by atoms with Gasteiger partial charge in [0.05, 0.1) is 0 Å². The van der Waals surface area contributed by atoms with Crippen LogP contribution >= 0.6 is 32.3 Å². The largest absolute Gasteiger partial charge is 0.313 e. The maximum atomic E-state index is 7.06. The van der Waals surface area contributed by atoms with E-state index in [0.29, 0.717) is 0 Å². The molecule has 4 rings (SSSR count). The van der Waals surface area contributed by atoms with Gasteiger partial charge in [0.2, 0.25) is 0 Å². The number of hydrogen-bond donors (Lipinski definition) is 0. The molecule has 4 unspecified atom stereocenters. The van der Waals surface area contributed by atoms with Crippen LogP contribution in [0.25, 0.3) is 0 Å². The van der Waals surface area contributed by atoms with Gasteiger partial charge in [-0.2, -0.15) is 0 Å². The van der Waals surface area contributed by atoms with Gasteiger partial charge in [0.1, 0.15) is 0 Å². The highest BCUT2D eigenvalue weighted by Gasteiger charge is 2.52. The van der Waals surface area contributed by atoms with Crippen LogP contribution in [0.2, 0.25) is 0 Å². The van der Waals surface area contributed by atoms with Crippen molar-refractivity contribution in [2.75, 3.05) is 14.1 Å². The Morgan fingerprint density at radius 3 is 1.32 bits per heavy atom. The van der Waals surface area contributed by atoms with Gasteiger partial charge in [-0.3, -0.25) is 0 Å². The van der Waals surface area contributed by atoms with Gasteiger partial charge in [-0.05, 0) is 128 Å². The van der Waals surface area contributed by atoms with Gasteiger partial charge in [0, 0.05) is 14.1 Å². The van der Waals surface area contributed by atoms with Gasteiger partial charge in [0.25, 0.3) is 0 Å². The molecule has 8 heteroatoms. The third kappa shape index (κ3) is 5.13. The molecule has 4 saturated heterocycles. The van der Waals surface area contributed by atoms with Crippen LogP contribution in [0.5, 0.6) is 0 Å². The third-order valence-electron chi connectivity index (χ3n) is 10.1. The maximum absolute atomic E-state index is 7.06. The van der Waals surface area contributed by atoms with Crippen LogP contribution in [0.15, 0.2) is 0 Å². The van der Waals surface area contributed by atoms with Crippen LogP contribution in [0.1, 0.15) is 93.9 Å². The minimum atomic E-state index is -0.217. The highest BCUT2D eigenvalue weighted by atomic mass is 31.2. The molecule has 0 aromatic rings. The van der Waals surface area contributed by atoms with E-state index in [0.717, 1.165) is 57.1 Å². The molecule has 3 nitrogen and oxygen atoms in total. The molecule has 4 aliphatic heterocycles. The fourth-order valence-electron chi connectivity index (χ4n) is 8.35. The molecule has 12 atom stereocenters. The first-order valence-corrected chi connectivity index (χ1v) is 19.8. The molecule has 4 heterocycles. The quantitative estimate of drug-likeness (QED) is 0.190. The molecule has 0 N–H and O–H groups in total. The number of hydrazine groups is 1. The summed E-state index contributed by atoms with van der Waals surface area (Å²) >= 11 is 0. The lowest BCUT2D eigenvalue weighted by atomic mass is 9.82. The maximum Gasteiger partial charge on any atom is 0.195 e. The van der Waals surface area contributed by atoms with Crippen molar-refractivity contribution in [2.24, 2.45) is 11.8 Å². The SMILES string of the molecule is [B]N(P1[C@H](C)CC[C@H]1C)P1[C@H](C)CC(C2C[C@@H](C)P(N(C)N(C)P3[C@H](C)CC[C@H]3C)[C@@H]2C)[C@H]1C. The van der Waals surface area contributed by atoms with Crippen molar-refractivity contribution in [3.63, 3.8) is 0 Å². The van der Waals surface area contributed by atoms with E-state index in [9.17, 15) is 0 Å². The molecule has 194 valence electrons. The van der Waals surface area contributed by atoms with Gasteiger partial charge in [-0.25, -0.2) is 9.56 Å². The summed E-state index contributed by atoms with van der Waals surface area (Å²) < 4.78 is 8.04. The molecule has 4 aliphatic rings. The molecule has 0 bridgehead atoms. The summed E-state index contributed by atoms with van der Waals surface area (Å²) in [4.78, 5) is 0. The second-order valence-electron chi connectivity index (χ2n) is 12.3. The monoisotopic (exact) mass is 541 g/mol. The molecule has 34 heavy (non-hydrogen) atoms. The normalized spacial score (nSPS) is 48.9. The van der Waals surface area contributed by atoms with Crippen molar-refractivity contribution < 1.29 is 0 Å². The predicted octanol–water partition coefficient (Wildman–Crippen LogP) is 8.47. The van der Waals surface area contributed by atoms with Crippen molar-refractivity contribution in [3.05, 3.63) is 0 Å². The lowest BCUT2D eigenvalue weighted by molar-refractivity contribution is 0.255. The topological polar surface area (TPSA) is 9.72 Å².